The summed E-state index contributed by atoms with van der Waals surface area (Å²) in [6.07, 6.45) is 16.7. The van der Waals surface area contributed by atoms with Gasteiger partial charge in [0.05, 0.1) is 13.2 Å². The lowest BCUT2D eigenvalue weighted by molar-refractivity contribution is 0.0530. The maximum atomic E-state index is 11.2. The predicted octanol–water partition coefficient (Wildman–Crippen LogP) is 5.46. The molecule has 0 aliphatic heterocycles. The Balaban J connectivity index is 3.13. The van der Waals surface area contributed by atoms with Crippen molar-refractivity contribution in [1.82, 2.24) is 0 Å². The van der Waals surface area contributed by atoms with Gasteiger partial charge in [-0.25, -0.2) is 4.79 Å². The van der Waals surface area contributed by atoms with Crippen LogP contribution in [0.2, 0.25) is 0 Å². The molecule has 4 heteroatoms. The molecule has 0 spiro atoms. The highest BCUT2D eigenvalue weighted by Gasteiger charge is 2.02. The summed E-state index contributed by atoms with van der Waals surface area (Å²) >= 11 is 3.37. The van der Waals surface area contributed by atoms with Crippen LogP contribution in [0.15, 0.2) is 0 Å². The zero-order chi connectivity index (χ0) is 15.6. The Labute approximate surface area is 138 Å². The second kappa shape index (κ2) is 17.4. The number of unbranched alkanes of at least 4 members (excludes halogenated alkanes) is 9. The van der Waals surface area contributed by atoms with E-state index in [2.05, 4.69) is 21.9 Å². The standard InChI is InChI=1S/C17H29BrO3/c1-2-3-4-5-6-7-8-9-12-15-20-17(19)21-16-13-10-11-14-18/h1H,3-16H2. The molecule has 0 aromatic rings. The Morgan fingerprint density at radius 2 is 1.29 bits per heavy atom. The molecule has 122 valence electrons. The third-order valence-electron chi connectivity index (χ3n) is 3.18. The van der Waals surface area contributed by atoms with Crippen molar-refractivity contribution in [2.75, 3.05) is 18.5 Å². The predicted molar refractivity (Wildman–Crippen MR) is 90.7 cm³/mol. The lowest BCUT2D eigenvalue weighted by Crippen LogP contribution is -2.09. The van der Waals surface area contributed by atoms with Gasteiger partial charge in [-0.05, 0) is 32.1 Å². The van der Waals surface area contributed by atoms with Crippen molar-refractivity contribution in [2.45, 2.75) is 70.6 Å². The van der Waals surface area contributed by atoms with Crippen molar-refractivity contribution in [3.8, 4) is 12.3 Å². The molecular weight excluding hydrogens is 332 g/mol. The first kappa shape index (κ1) is 20.3. The molecule has 0 saturated heterocycles. The van der Waals surface area contributed by atoms with Crippen LogP contribution in [0, 0.1) is 12.3 Å². The molecule has 0 aromatic heterocycles. The van der Waals surface area contributed by atoms with E-state index in [-0.39, 0.29) is 0 Å². The molecule has 3 nitrogen and oxygen atoms in total. The molecule has 0 heterocycles. The van der Waals surface area contributed by atoms with E-state index in [1.807, 2.05) is 0 Å². The van der Waals surface area contributed by atoms with Gasteiger partial charge in [0.2, 0.25) is 0 Å². The first-order valence-electron chi connectivity index (χ1n) is 8.10. The van der Waals surface area contributed by atoms with Crippen molar-refractivity contribution < 1.29 is 14.3 Å². The quantitative estimate of drug-likeness (QED) is 0.178. The zero-order valence-corrected chi connectivity index (χ0v) is 14.7. The highest BCUT2D eigenvalue weighted by molar-refractivity contribution is 9.09. The Hall–Kier alpha value is -0.690. The minimum atomic E-state index is -0.525. The number of ether oxygens (including phenoxy) is 2. The Morgan fingerprint density at radius 3 is 1.81 bits per heavy atom. The van der Waals surface area contributed by atoms with E-state index in [4.69, 9.17) is 15.9 Å². The highest BCUT2D eigenvalue weighted by atomic mass is 79.9. The highest BCUT2D eigenvalue weighted by Crippen LogP contribution is 2.08. The van der Waals surface area contributed by atoms with Gasteiger partial charge in [0.25, 0.3) is 0 Å². The Bertz CT molecular complexity index is 274. The lowest BCUT2D eigenvalue weighted by atomic mass is 10.1. The fourth-order valence-electron chi connectivity index (χ4n) is 1.94. The third kappa shape index (κ3) is 17.3. The summed E-state index contributed by atoms with van der Waals surface area (Å²) in [6.45, 7) is 0.931. The molecule has 0 atom stereocenters. The molecule has 0 N–H and O–H groups in total. The summed E-state index contributed by atoms with van der Waals surface area (Å²) in [5.74, 6) is 2.66. The number of terminal acetylenes is 1. The molecular formula is C17H29BrO3. The van der Waals surface area contributed by atoms with Gasteiger partial charge in [0, 0.05) is 11.8 Å². The van der Waals surface area contributed by atoms with Crippen LogP contribution in [0.3, 0.4) is 0 Å². The minimum Gasteiger partial charge on any atom is -0.434 e. The van der Waals surface area contributed by atoms with Gasteiger partial charge in [0.1, 0.15) is 0 Å². The molecule has 0 aliphatic carbocycles. The molecule has 0 bridgehead atoms. The van der Waals surface area contributed by atoms with Crippen LogP contribution in [0.25, 0.3) is 0 Å². The van der Waals surface area contributed by atoms with Crippen LogP contribution in [0.5, 0.6) is 0 Å². The minimum absolute atomic E-state index is 0.462. The lowest BCUT2D eigenvalue weighted by Gasteiger charge is -2.06. The van der Waals surface area contributed by atoms with Crippen LogP contribution in [-0.2, 0) is 9.47 Å². The first-order valence-corrected chi connectivity index (χ1v) is 9.22. The molecule has 0 aromatic carbocycles. The fourth-order valence-corrected chi connectivity index (χ4v) is 2.34. The third-order valence-corrected chi connectivity index (χ3v) is 3.74. The van der Waals surface area contributed by atoms with Crippen molar-refractivity contribution in [3.05, 3.63) is 0 Å². The van der Waals surface area contributed by atoms with Crippen molar-refractivity contribution in [2.24, 2.45) is 0 Å². The van der Waals surface area contributed by atoms with Crippen LogP contribution < -0.4 is 0 Å². The van der Waals surface area contributed by atoms with Crippen LogP contribution in [-0.4, -0.2) is 24.7 Å². The molecule has 0 saturated carbocycles. The van der Waals surface area contributed by atoms with Crippen LogP contribution in [0.4, 0.5) is 4.79 Å². The summed E-state index contributed by atoms with van der Waals surface area (Å²) < 4.78 is 9.99. The van der Waals surface area contributed by atoms with Gasteiger partial charge in [-0.1, -0.05) is 48.0 Å². The van der Waals surface area contributed by atoms with Crippen molar-refractivity contribution in [1.29, 1.82) is 0 Å². The summed E-state index contributed by atoms with van der Waals surface area (Å²) in [6, 6.07) is 0. The number of halogens is 1. The van der Waals surface area contributed by atoms with Gasteiger partial charge in [0.15, 0.2) is 0 Å². The SMILES string of the molecule is C#CCCCCCCCCCOC(=O)OCCCCCBr. The summed E-state index contributed by atoms with van der Waals surface area (Å²) in [5.41, 5.74) is 0. The molecule has 21 heavy (non-hydrogen) atoms. The van der Waals surface area contributed by atoms with Crippen LogP contribution >= 0.6 is 15.9 Å². The maximum absolute atomic E-state index is 11.2. The smallest absolute Gasteiger partial charge is 0.434 e. The summed E-state index contributed by atoms with van der Waals surface area (Å²) in [4.78, 5) is 11.2. The van der Waals surface area contributed by atoms with E-state index in [0.29, 0.717) is 13.2 Å². The normalized spacial score (nSPS) is 10.1. The largest absolute Gasteiger partial charge is 0.508 e. The summed E-state index contributed by atoms with van der Waals surface area (Å²) in [5, 5.41) is 1.00. The number of hydrogen-bond acceptors (Lipinski definition) is 3. The fraction of sp³-hybridized carbons (Fsp3) is 0.824. The second-order valence-electron chi connectivity index (χ2n) is 5.13. The van der Waals surface area contributed by atoms with E-state index >= 15 is 0 Å². The van der Waals surface area contributed by atoms with Gasteiger partial charge >= 0.3 is 6.16 Å². The van der Waals surface area contributed by atoms with Gasteiger partial charge in [-0.15, -0.1) is 12.3 Å². The van der Waals surface area contributed by atoms with E-state index in [1.54, 1.807) is 0 Å². The average Bonchev–Trinajstić information content (AvgIpc) is 2.49. The number of carbonyl (C=O) groups is 1. The molecule has 0 amide bonds. The molecule has 0 radical (unpaired) electrons. The second-order valence-corrected chi connectivity index (χ2v) is 5.92. The zero-order valence-electron chi connectivity index (χ0n) is 13.1. The van der Waals surface area contributed by atoms with Gasteiger partial charge < -0.3 is 9.47 Å². The van der Waals surface area contributed by atoms with Crippen molar-refractivity contribution >= 4 is 22.1 Å². The Kier molecular flexibility index (Phi) is 16.8. The van der Waals surface area contributed by atoms with Crippen LogP contribution in [0.1, 0.15) is 70.6 Å². The first-order chi connectivity index (χ1) is 10.3. The van der Waals surface area contributed by atoms with Crippen molar-refractivity contribution in [3.63, 3.8) is 0 Å². The topological polar surface area (TPSA) is 35.5 Å². The monoisotopic (exact) mass is 360 g/mol. The maximum Gasteiger partial charge on any atom is 0.508 e. The molecule has 0 aliphatic rings. The van der Waals surface area contributed by atoms with E-state index in [9.17, 15) is 4.79 Å². The van der Waals surface area contributed by atoms with E-state index in [1.165, 1.54) is 25.7 Å². The number of hydrogen-bond donors (Lipinski definition) is 0. The van der Waals surface area contributed by atoms with E-state index in [0.717, 1.165) is 50.3 Å². The molecule has 0 rings (SSSR count). The van der Waals surface area contributed by atoms with E-state index < -0.39 is 6.16 Å². The number of alkyl halides is 1. The van der Waals surface area contributed by atoms with Gasteiger partial charge in [-0.3, -0.25) is 0 Å². The number of rotatable bonds is 14. The molecule has 0 unspecified atom stereocenters. The number of carbonyl (C=O) groups excluding carboxylic acids is 1. The summed E-state index contributed by atoms with van der Waals surface area (Å²) in [7, 11) is 0. The molecule has 0 fully saturated rings. The average molecular weight is 361 g/mol. The van der Waals surface area contributed by atoms with Gasteiger partial charge in [-0.2, -0.15) is 0 Å². The Morgan fingerprint density at radius 1 is 0.810 bits per heavy atom.